The molecule has 0 bridgehead atoms. The van der Waals surface area contributed by atoms with Gasteiger partial charge in [-0.25, -0.2) is 0 Å². The van der Waals surface area contributed by atoms with E-state index in [0.29, 0.717) is 87.2 Å². The maximum absolute atomic E-state index is 14.8. The third-order valence-electron chi connectivity index (χ3n) is 15.1. The molecule has 2 aliphatic heterocycles. The molecule has 8 rings (SSSR count). The number of hydrogen-bond donors (Lipinski definition) is 4. The molecule has 6 amide bonds. The fourth-order valence-corrected chi connectivity index (χ4v) is 10.4. The lowest BCUT2D eigenvalue weighted by atomic mass is 10.0. The number of fused-ring (bicyclic) bond motifs is 1. The summed E-state index contributed by atoms with van der Waals surface area (Å²) >= 11 is 0. The molecule has 0 spiro atoms. The summed E-state index contributed by atoms with van der Waals surface area (Å²) in [4.78, 5) is 92.6. The van der Waals surface area contributed by atoms with E-state index in [1.807, 2.05) is 191 Å². The first kappa shape index (κ1) is 58.0. The molecule has 6 aromatic carbocycles. The number of carbonyl (C=O) groups excluding carboxylic acids is 6. The number of nitrogens with zero attached hydrogens (tertiary/aromatic N) is 4. The van der Waals surface area contributed by atoms with Gasteiger partial charge in [-0.05, 0) is 124 Å². The Bertz CT molecular complexity index is 2750. The third-order valence-corrected chi connectivity index (χ3v) is 15.1. The molecule has 2 saturated heterocycles. The minimum Gasteiger partial charge on any atom is -0.339 e. The largest absolute Gasteiger partial charge is 0.339 e. The van der Waals surface area contributed by atoms with Crippen molar-refractivity contribution >= 4 is 46.2 Å². The summed E-state index contributed by atoms with van der Waals surface area (Å²) in [5, 5.41) is 13.5. The molecular weight excluding hydrogens is 977 g/mol. The van der Waals surface area contributed by atoms with E-state index in [0.717, 1.165) is 34.7 Å². The minimum absolute atomic E-state index is 0. The Balaban J connectivity index is 0.00000291. The highest BCUT2D eigenvalue weighted by Crippen LogP contribution is 2.29. The van der Waals surface area contributed by atoms with Gasteiger partial charge in [-0.2, -0.15) is 0 Å². The summed E-state index contributed by atoms with van der Waals surface area (Å²) in [6.45, 7) is 9.98. The number of carbonyl (C=O) groups is 6. The van der Waals surface area contributed by atoms with Crippen LogP contribution >= 0.6 is 0 Å². The van der Waals surface area contributed by atoms with Crippen molar-refractivity contribution in [3.63, 3.8) is 0 Å². The highest BCUT2D eigenvalue weighted by Gasteiger charge is 2.39. The zero-order valence-corrected chi connectivity index (χ0v) is 46.2. The van der Waals surface area contributed by atoms with Gasteiger partial charge in [-0.1, -0.05) is 147 Å². The second-order valence-electron chi connectivity index (χ2n) is 20.1. The quantitative estimate of drug-likeness (QED) is 0.0523. The zero-order valence-electron chi connectivity index (χ0n) is 46.2. The van der Waals surface area contributed by atoms with Crippen LogP contribution in [0, 0.1) is 0 Å². The third kappa shape index (κ3) is 14.9. The first-order chi connectivity index (χ1) is 37.9. The van der Waals surface area contributed by atoms with Crippen molar-refractivity contribution in [2.75, 3.05) is 53.4 Å². The van der Waals surface area contributed by atoms with Crippen molar-refractivity contribution in [1.29, 1.82) is 0 Å². The van der Waals surface area contributed by atoms with Gasteiger partial charge in [0.1, 0.15) is 12.1 Å². The van der Waals surface area contributed by atoms with Crippen molar-refractivity contribution in [3.05, 3.63) is 191 Å². The van der Waals surface area contributed by atoms with Crippen LogP contribution in [-0.2, 0) is 32.0 Å². The average Bonchev–Trinajstić information content (AvgIpc) is 4.31. The molecule has 4 N–H and O–H groups in total. The molecule has 0 saturated carbocycles. The molecule has 0 radical (unpaired) electrons. The van der Waals surface area contributed by atoms with Gasteiger partial charge in [0, 0.05) is 68.2 Å². The van der Waals surface area contributed by atoms with E-state index in [-0.39, 0.29) is 53.2 Å². The second kappa shape index (κ2) is 28.6. The fourth-order valence-electron chi connectivity index (χ4n) is 10.4. The van der Waals surface area contributed by atoms with E-state index in [1.54, 1.807) is 27.9 Å². The van der Waals surface area contributed by atoms with E-state index in [4.69, 9.17) is 0 Å². The van der Waals surface area contributed by atoms with Gasteiger partial charge in [-0.15, -0.1) is 0 Å². The molecule has 6 atom stereocenters. The molecule has 418 valence electrons. The van der Waals surface area contributed by atoms with Gasteiger partial charge in [0.15, 0.2) is 0 Å². The average molecular weight is 1060 g/mol. The lowest BCUT2D eigenvalue weighted by Crippen LogP contribution is -2.51. The standard InChI is InChI=1S/C62H72N8O6.C2H6.4H2/c1-43(63-3)57(71)65-55(47-23-13-7-14-24-47)61(75)69-35-17-27-53(69)41-67(37-33-45-19-9-5-10-20-45)59(73)51-31-29-50-40-52(32-30-49(50)39-51)60(74)68(38-34-46-21-11-6-12-22-46)42-54-28-18-36-70(54)62(76)56(48-25-15-8-16-26-48)66-58(72)44(2)64-4;1-2;;;;/h5-16,19-26,29-32,39-40,43-44,53-56,63-64H,17-18,27-28,33-38,41-42H2,1-4H3,(H,65,71)(H,66,72);1-2H3;4*1H/t43-,44-,53-,54-,55-,56-;;;;;/m0...../s1. The molecular formula is C64H86N8O6. The van der Waals surface area contributed by atoms with Crippen molar-refractivity contribution in [1.82, 2.24) is 40.9 Å². The summed E-state index contributed by atoms with van der Waals surface area (Å²) in [5.41, 5.74) is 4.54. The van der Waals surface area contributed by atoms with Gasteiger partial charge in [0.25, 0.3) is 11.8 Å². The first-order valence-corrected chi connectivity index (χ1v) is 27.8. The molecule has 6 aromatic rings. The van der Waals surface area contributed by atoms with E-state index in [9.17, 15) is 28.8 Å². The molecule has 0 aliphatic carbocycles. The zero-order chi connectivity index (χ0) is 55.6. The highest BCUT2D eigenvalue weighted by molar-refractivity contribution is 6.02. The number of likely N-dealkylation sites (tertiary alicyclic amines) is 2. The smallest absolute Gasteiger partial charge is 0.253 e. The van der Waals surface area contributed by atoms with E-state index in [1.165, 1.54) is 0 Å². The van der Waals surface area contributed by atoms with Gasteiger partial charge >= 0.3 is 0 Å². The van der Waals surface area contributed by atoms with Crippen LogP contribution in [0.25, 0.3) is 10.8 Å². The van der Waals surface area contributed by atoms with Crippen LogP contribution in [0.2, 0.25) is 0 Å². The number of nitrogens with one attached hydrogen (secondary N) is 4. The summed E-state index contributed by atoms with van der Waals surface area (Å²) < 4.78 is 0. The second-order valence-corrected chi connectivity index (χ2v) is 20.1. The van der Waals surface area contributed by atoms with Crippen LogP contribution in [-0.4, -0.2) is 133 Å². The number of likely N-dealkylation sites (N-methyl/N-ethyl adjacent to an activating group) is 2. The van der Waals surface area contributed by atoms with E-state index in [2.05, 4.69) is 21.3 Å². The van der Waals surface area contributed by atoms with Gasteiger partial charge in [0.2, 0.25) is 23.6 Å². The number of rotatable bonds is 22. The number of hydrogen-bond acceptors (Lipinski definition) is 8. The Hall–Kier alpha value is -7.68. The van der Waals surface area contributed by atoms with E-state index < -0.39 is 24.2 Å². The summed E-state index contributed by atoms with van der Waals surface area (Å²) in [6.07, 6.45) is 4.18. The van der Waals surface area contributed by atoms with Crippen molar-refractivity contribution in [3.8, 4) is 0 Å². The Kier molecular flexibility index (Phi) is 21.3. The predicted octanol–water partition coefficient (Wildman–Crippen LogP) is 9.13. The van der Waals surface area contributed by atoms with Gasteiger partial charge in [-0.3, -0.25) is 28.8 Å². The van der Waals surface area contributed by atoms with Crippen LogP contribution in [0.15, 0.2) is 158 Å². The molecule has 0 aromatic heterocycles. The van der Waals surface area contributed by atoms with Crippen LogP contribution in [0.1, 0.15) is 114 Å². The van der Waals surface area contributed by atoms with Crippen molar-refractivity contribution < 1.29 is 34.5 Å². The molecule has 0 unspecified atom stereocenters. The lowest BCUT2D eigenvalue weighted by molar-refractivity contribution is -0.138. The Morgan fingerprint density at radius 2 is 0.859 bits per heavy atom. The minimum atomic E-state index is -0.890. The topological polar surface area (TPSA) is 163 Å². The molecule has 2 heterocycles. The summed E-state index contributed by atoms with van der Waals surface area (Å²) in [7, 11) is 3.41. The van der Waals surface area contributed by atoms with Crippen molar-refractivity contribution in [2.24, 2.45) is 0 Å². The van der Waals surface area contributed by atoms with Crippen LogP contribution < -0.4 is 21.3 Å². The number of benzene rings is 6. The van der Waals surface area contributed by atoms with Crippen LogP contribution in [0.5, 0.6) is 0 Å². The molecule has 78 heavy (non-hydrogen) atoms. The maximum atomic E-state index is 14.8. The normalized spacial score (nSPS) is 16.5. The molecule has 14 nitrogen and oxygen atoms in total. The monoisotopic (exact) mass is 1060 g/mol. The maximum Gasteiger partial charge on any atom is 0.253 e. The van der Waals surface area contributed by atoms with Gasteiger partial charge in [0.05, 0.1) is 12.1 Å². The summed E-state index contributed by atoms with van der Waals surface area (Å²) in [6, 6.07) is 46.4. The van der Waals surface area contributed by atoms with Crippen LogP contribution in [0.3, 0.4) is 0 Å². The molecule has 2 fully saturated rings. The molecule has 2 aliphatic rings. The summed E-state index contributed by atoms with van der Waals surface area (Å²) in [5.74, 6) is -1.31. The Labute approximate surface area is 466 Å². The van der Waals surface area contributed by atoms with Crippen LogP contribution in [0.4, 0.5) is 0 Å². The van der Waals surface area contributed by atoms with E-state index >= 15 is 0 Å². The first-order valence-electron chi connectivity index (χ1n) is 27.8. The Morgan fingerprint density at radius 3 is 1.21 bits per heavy atom. The molecule has 14 heteroatoms. The van der Waals surface area contributed by atoms with Gasteiger partial charge < -0.3 is 40.9 Å². The van der Waals surface area contributed by atoms with Crippen molar-refractivity contribution in [2.45, 2.75) is 102 Å². The number of amides is 6. The SMILES string of the molecule is CC.CN[C@@H](C)C(=O)N[C@H](C(=O)N1CCC[C@H]1CN(CCc1ccccc1)C(=O)c1ccc2cc(C(=O)N(CCc3ccccc3)C[C@@H]3CCCN3C(=O)[C@@H](NC(=O)[C@H](C)NC)c3ccccc3)ccc2c1)c1ccccc1.[HH].[HH].[HH].[HH]. The Morgan fingerprint density at radius 1 is 0.513 bits per heavy atom. The predicted molar refractivity (Wildman–Crippen MR) is 317 cm³/mol. The lowest BCUT2D eigenvalue weighted by Gasteiger charge is -2.34. The fraction of sp³-hybridized carbons (Fsp3) is 0.375. The highest BCUT2D eigenvalue weighted by atomic mass is 16.2.